The topological polar surface area (TPSA) is 105 Å². The van der Waals surface area contributed by atoms with Crippen molar-refractivity contribution in [2.24, 2.45) is 0 Å². The van der Waals surface area contributed by atoms with Gasteiger partial charge in [-0.2, -0.15) is 5.10 Å². The lowest BCUT2D eigenvalue weighted by atomic mass is 10.1. The molecule has 35 heavy (non-hydrogen) atoms. The number of hydrazine groups is 1. The molecule has 4 rings (SSSR count). The Hall–Kier alpha value is -3.86. The van der Waals surface area contributed by atoms with Crippen molar-refractivity contribution in [3.8, 4) is 5.88 Å². The maximum Gasteiger partial charge on any atom is 0.253 e. The highest BCUT2D eigenvalue weighted by atomic mass is 19.1. The number of aromatic nitrogens is 2. The molecule has 1 aromatic carbocycles. The highest BCUT2D eigenvalue weighted by Gasteiger charge is 2.23. The number of amides is 2. The van der Waals surface area contributed by atoms with E-state index in [1.807, 2.05) is 0 Å². The van der Waals surface area contributed by atoms with Gasteiger partial charge in [-0.1, -0.05) is 6.07 Å². The average molecular weight is 485 g/mol. The molecule has 1 fully saturated rings. The molecule has 2 aromatic heterocycles. The summed E-state index contributed by atoms with van der Waals surface area (Å²) in [6.45, 7) is 3.37. The number of nitrogens with zero attached hydrogens (tertiary/aromatic N) is 3. The smallest absolute Gasteiger partial charge is 0.253 e. The number of halogens is 2. The fraction of sp³-hybridized carbons (Fsp3) is 0.333. The van der Waals surface area contributed by atoms with Crippen LogP contribution in [0.2, 0.25) is 0 Å². The summed E-state index contributed by atoms with van der Waals surface area (Å²) >= 11 is 0. The Morgan fingerprint density at radius 3 is 2.60 bits per heavy atom. The van der Waals surface area contributed by atoms with Gasteiger partial charge in [0.2, 0.25) is 11.8 Å². The number of ether oxygens (including phenoxy) is 1. The predicted octanol–water partition coefficient (Wildman–Crippen LogP) is 2.23. The Morgan fingerprint density at radius 2 is 1.91 bits per heavy atom. The Kier molecular flexibility index (Phi) is 7.06. The minimum absolute atomic E-state index is 0.0654. The van der Waals surface area contributed by atoms with E-state index in [2.05, 4.69) is 16.0 Å². The van der Waals surface area contributed by atoms with Crippen molar-refractivity contribution < 1.29 is 27.9 Å². The number of hydrogen-bond acceptors (Lipinski definition) is 6. The number of rotatable bonds is 9. The normalized spacial score (nSPS) is 13.5. The molecule has 3 heterocycles. The second-order valence-electron chi connectivity index (χ2n) is 8.36. The third-order valence-corrected chi connectivity index (χ3v) is 5.71. The number of pyridine rings is 1. The molecular weight excluding hydrogens is 460 g/mol. The van der Waals surface area contributed by atoms with Crippen molar-refractivity contribution in [2.45, 2.75) is 33.3 Å². The molecule has 11 heteroatoms. The lowest BCUT2D eigenvalue weighted by molar-refractivity contribution is -0.133. The summed E-state index contributed by atoms with van der Waals surface area (Å²) in [5.74, 6) is -2.03. The molecule has 9 nitrogen and oxygen atoms in total. The van der Waals surface area contributed by atoms with Crippen LogP contribution in [-0.2, 0) is 16.2 Å². The first-order chi connectivity index (χ1) is 16.7. The number of ketones is 1. The molecule has 1 saturated heterocycles. The third-order valence-electron chi connectivity index (χ3n) is 5.71. The van der Waals surface area contributed by atoms with E-state index in [1.165, 1.54) is 15.5 Å². The van der Waals surface area contributed by atoms with Crippen molar-refractivity contribution in [1.82, 2.24) is 25.4 Å². The molecule has 2 N–H and O–H groups in total. The maximum atomic E-state index is 14.0. The van der Waals surface area contributed by atoms with E-state index in [9.17, 15) is 23.2 Å². The summed E-state index contributed by atoms with van der Waals surface area (Å²) < 4.78 is 35.1. The van der Waals surface area contributed by atoms with Gasteiger partial charge in [0.1, 0.15) is 24.8 Å². The quantitative estimate of drug-likeness (QED) is 0.356. The zero-order valence-electron chi connectivity index (χ0n) is 19.4. The Morgan fingerprint density at radius 1 is 1.17 bits per heavy atom. The van der Waals surface area contributed by atoms with Gasteiger partial charge in [0.25, 0.3) is 5.91 Å². The van der Waals surface area contributed by atoms with Crippen LogP contribution < -0.4 is 15.6 Å². The Bertz CT molecular complexity index is 1290. The molecule has 2 amide bonds. The second-order valence-corrected chi connectivity index (χ2v) is 8.36. The number of fused-ring (bicyclic) bond motifs is 1. The van der Waals surface area contributed by atoms with E-state index in [-0.39, 0.29) is 42.8 Å². The van der Waals surface area contributed by atoms with Crippen molar-refractivity contribution in [3.63, 3.8) is 0 Å². The molecule has 1 aliphatic rings. The molecule has 0 bridgehead atoms. The summed E-state index contributed by atoms with van der Waals surface area (Å²) in [5.41, 5.74) is 6.81. The molecule has 0 aliphatic carbocycles. The third kappa shape index (κ3) is 5.29. The number of carbonyl (C=O) groups is 3. The largest absolute Gasteiger partial charge is 0.473 e. The van der Waals surface area contributed by atoms with Gasteiger partial charge in [0.05, 0.1) is 28.9 Å². The zero-order valence-corrected chi connectivity index (χ0v) is 19.4. The van der Waals surface area contributed by atoms with Gasteiger partial charge in [-0.25, -0.2) is 18.7 Å². The first-order valence-corrected chi connectivity index (χ1v) is 11.1. The van der Waals surface area contributed by atoms with Gasteiger partial charge in [-0.3, -0.25) is 19.8 Å². The van der Waals surface area contributed by atoms with Gasteiger partial charge in [-0.05, 0) is 44.0 Å². The number of likely N-dealkylation sites (tertiary alicyclic amines) is 1. The molecule has 0 unspecified atom stereocenters. The number of nitrogens with one attached hydrogen (secondary N) is 2. The molecule has 0 atom stereocenters. The van der Waals surface area contributed by atoms with Crippen LogP contribution in [0.5, 0.6) is 5.88 Å². The van der Waals surface area contributed by atoms with E-state index in [0.29, 0.717) is 29.7 Å². The lowest BCUT2D eigenvalue weighted by Crippen LogP contribution is -2.45. The van der Waals surface area contributed by atoms with Crippen molar-refractivity contribution in [1.29, 1.82) is 0 Å². The molecule has 0 saturated carbocycles. The Labute approximate surface area is 200 Å². The summed E-state index contributed by atoms with van der Waals surface area (Å²) in [5, 5.41) is 4.38. The van der Waals surface area contributed by atoms with E-state index in [4.69, 9.17) is 4.74 Å². The predicted molar refractivity (Wildman–Crippen MR) is 122 cm³/mol. The number of Topliss-reactive ketones (excluding diaryl/α,β-unsaturated/α-hetero) is 1. The number of benzene rings is 1. The first kappa shape index (κ1) is 24.3. The van der Waals surface area contributed by atoms with Crippen LogP contribution in [0.15, 0.2) is 30.3 Å². The molecule has 0 radical (unpaired) electrons. The summed E-state index contributed by atoms with van der Waals surface area (Å²) in [6, 6.07) is 6.98. The molecule has 0 spiro atoms. The van der Waals surface area contributed by atoms with Crippen LogP contribution in [0.4, 0.5) is 8.78 Å². The van der Waals surface area contributed by atoms with Crippen LogP contribution in [0.1, 0.15) is 40.0 Å². The Balaban J connectivity index is 1.46. The van der Waals surface area contributed by atoms with Crippen LogP contribution in [0.25, 0.3) is 5.52 Å². The fourth-order valence-corrected chi connectivity index (χ4v) is 4.02. The van der Waals surface area contributed by atoms with Crippen molar-refractivity contribution in [3.05, 3.63) is 64.4 Å². The minimum atomic E-state index is -0.719. The fourth-order valence-electron chi connectivity index (χ4n) is 4.02. The van der Waals surface area contributed by atoms with Gasteiger partial charge in [-0.15, -0.1) is 0 Å². The SMILES string of the molecule is Cc1cc(OCc2c(F)cccc2F)n2nc(C)c(C(=O)CNNC(=O)CN3CCCC3=O)c2c1. The summed E-state index contributed by atoms with van der Waals surface area (Å²) in [4.78, 5) is 38.1. The first-order valence-electron chi connectivity index (χ1n) is 11.1. The van der Waals surface area contributed by atoms with Crippen LogP contribution in [0.3, 0.4) is 0 Å². The summed E-state index contributed by atoms with van der Waals surface area (Å²) in [6.07, 6.45) is 1.17. The number of hydrogen-bond donors (Lipinski definition) is 2. The lowest BCUT2D eigenvalue weighted by Gasteiger charge is -2.15. The minimum Gasteiger partial charge on any atom is -0.473 e. The molecule has 3 aromatic rings. The van der Waals surface area contributed by atoms with E-state index in [0.717, 1.165) is 24.1 Å². The highest BCUT2D eigenvalue weighted by molar-refractivity contribution is 6.05. The van der Waals surface area contributed by atoms with Crippen LogP contribution >= 0.6 is 0 Å². The monoisotopic (exact) mass is 485 g/mol. The number of aryl methyl sites for hydroxylation is 2. The van der Waals surface area contributed by atoms with Crippen molar-refractivity contribution in [2.75, 3.05) is 19.6 Å². The zero-order chi connectivity index (χ0) is 25.1. The van der Waals surface area contributed by atoms with E-state index < -0.39 is 17.5 Å². The standard InChI is InChI=1S/C24H25F2N5O4/c1-14-9-19-24(20(32)11-27-28-21(33)12-30-8-4-7-22(30)34)15(2)29-31(19)23(10-14)35-13-16-17(25)5-3-6-18(16)26/h3,5-6,9-10,27H,4,7-8,11-13H2,1-2H3,(H,28,33). The summed E-state index contributed by atoms with van der Waals surface area (Å²) in [7, 11) is 0. The van der Waals surface area contributed by atoms with E-state index in [1.54, 1.807) is 26.0 Å². The maximum absolute atomic E-state index is 14.0. The molecule has 1 aliphatic heterocycles. The number of carbonyl (C=O) groups excluding carboxylic acids is 3. The molecular formula is C24H25F2N5O4. The van der Waals surface area contributed by atoms with Gasteiger partial charge in [0.15, 0.2) is 5.78 Å². The van der Waals surface area contributed by atoms with Gasteiger partial charge >= 0.3 is 0 Å². The van der Waals surface area contributed by atoms with Gasteiger partial charge in [0, 0.05) is 19.0 Å². The van der Waals surface area contributed by atoms with Crippen molar-refractivity contribution >= 4 is 23.1 Å². The van der Waals surface area contributed by atoms with Crippen LogP contribution in [0, 0.1) is 25.5 Å². The average Bonchev–Trinajstić information content (AvgIpc) is 3.35. The van der Waals surface area contributed by atoms with Crippen LogP contribution in [-0.4, -0.2) is 51.7 Å². The molecule has 184 valence electrons. The second kappa shape index (κ2) is 10.2. The van der Waals surface area contributed by atoms with E-state index >= 15 is 0 Å². The highest BCUT2D eigenvalue weighted by Crippen LogP contribution is 2.25. The van der Waals surface area contributed by atoms with Gasteiger partial charge < -0.3 is 9.64 Å².